The molecule has 0 atom stereocenters. The number of quaternary nitrogens is 2. The molecule has 2 heterocycles. The maximum atomic E-state index is 8.52. The van der Waals surface area contributed by atoms with Crippen LogP contribution < -0.4 is 0 Å². The van der Waals surface area contributed by atoms with Gasteiger partial charge in [-0.05, 0) is 11.1 Å². The lowest BCUT2D eigenvalue weighted by Crippen LogP contribution is -2.51. The Labute approximate surface area is 222 Å². The molecule has 0 amide bonds. The van der Waals surface area contributed by atoms with Gasteiger partial charge in [-0.15, -0.1) is 0 Å². The number of benzene rings is 2. The van der Waals surface area contributed by atoms with Gasteiger partial charge in [0.25, 0.3) is 0 Å². The third-order valence-corrected chi connectivity index (χ3v) is 6.66. The number of hydrogen-bond donors (Lipinski definition) is 0. The molecule has 0 spiro atoms. The molecule has 2 aromatic carbocycles. The summed E-state index contributed by atoms with van der Waals surface area (Å²) < 4.78 is 47.1. The Hall–Kier alpha value is -2.37. The van der Waals surface area contributed by atoms with Crippen molar-refractivity contribution >= 4 is 22.6 Å². The van der Waals surface area contributed by atoms with E-state index in [-0.39, 0.29) is 0 Å². The second kappa shape index (κ2) is 14.5. The van der Waals surface area contributed by atoms with E-state index in [0.29, 0.717) is 0 Å². The first-order valence-electron chi connectivity index (χ1n) is 12.4. The molecule has 0 aromatic heterocycles. The lowest BCUT2D eigenvalue weighted by atomic mass is 10.1. The first-order chi connectivity index (χ1) is 17.4. The summed E-state index contributed by atoms with van der Waals surface area (Å²) in [6.07, 6.45) is 3.77. The van der Waals surface area contributed by atoms with Crippen LogP contribution in [0.15, 0.2) is 61.7 Å². The van der Waals surface area contributed by atoms with E-state index in [1.54, 1.807) is 0 Å². The van der Waals surface area contributed by atoms with Crippen molar-refractivity contribution in [1.29, 1.82) is 0 Å². The van der Waals surface area contributed by atoms with Crippen molar-refractivity contribution < 1.29 is 36.0 Å². The normalized spacial score (nSPS) is 18.3. The quantitative estimate of drug-likeness (QED) is 0.322. The molecule has 0 unspecified atom stereocenters. The molecule has 2 aromatic rings. The highest BCUT2D eigenvalue weighted by atomic mass is 32.3. The SMILES string of the molecule is C=Cc1ccc(C[N+]2(C)CCOCC2)cc1.C=Cc1ccc(C[N+]2(C)CCOCC2)cc1.O=S(=O)([O-])[O-]. The van der Waals surface area contributed by atoms with Gasteiger partial charge in [-0.3, -0.25) is 8.42 Å². The van der Waals surface area contributed by atoms with E-state index in [1.165, 1.54) is 22.3 Å². The van der Waals surface area contributed by atoms with Crippen molar-refractivity contribution in [3.63, 3.8) is 0 Å². The van der Waals surface area contributed by atoms with E-state index in [4.69, 9.17) is 27.0 Å². The molecule has 204 valence electrons. The van der Waals surface area contributed by atoms with Crippen LogP contribution in [-0.2, 0) is 33.0 Å². The van der Waals surface area contributed by atoms with Crippen molar-refractivity contribution in [3.8, 4) is 0 Å². The summed E-state index contributed by atoms with van der Waals surface area (Å²) in [7, 11) is -0.548. The summed E-state index contributed by atoms with van der Waals surface area (Å²) >= 11 is 0. The van der Waals surface area contributed by atoms with Crippen LogP contribution in [0.2, 0.25) is 0 Å². The zero-order chi connectivity index (χ0) is 27.4. The number of likely N-dealkylation sites (N-methyl/N-ethyl adjacent to an activating group) is 2. The van der Waals surface area contributed by atoms with Gasteiger partial charge in [0.15, 0.2) is 0 Å². The molecule has 2 aliphatic rings. The van der Waals surface area contributed by atoms with Gasteiger partial charge < -0.3 is 27.5 Å². The molecule has 0 saturated carbocycles. The van der Waals surface area contributed by atoms with Gasteiger partial charge in [0.2, 0.25) is 0 Å². The molecule has 9 heteroatoms. The molecular formula is C28H40N2O6S. The van der Waals surface area contributed by atoms with Crippen molar-refractivity contribution in [2.24, 2.45) is 0 Å². The fraction of sp³-hybridized carbons (Fsp3) is 0.429. The van der Waals surface area contributed by atoms with Crippen molar-refractivity contribution in [2.45, 2.75) is 13.1 Å². The molecule has 37 heavy (non-hydrogen) atoms. The molecule has 0 radical (unpaired) electrons. The van der Waals surface area contributed by atoms with Gasteiger partial charge >= 0.3 is 0 Å². The fourth-order valence-corrected chi connectivity index (χ4v) is 4.28. The molecule has 0 bridgehead atoms. The summed E-state index contributed by atoms with van der Waals surface area (Å²) in [5.41, 5.74) is 5.17. The summed E-state index contributed by atoms with van der Waals surface area (Å²) in [6, 6.07) is 17.4. The molecule has 8 nitrogen and oxygen atoms in total. The second-order valence-electron chi connectivity index (χ2n) is 9.97. The Morgan fingerprint density at radius 2 is 0.973 bits per heavy atom. The highest BCUT2D eigenvalue weighted by Crippen LogP contribution is 2.16. The second-order valence-corrected chi connectivity index (χ2v) is 10.8. The predicted molar refractivity (Wildman–Crippen MR) is 144 cm³/mol. The summed E-state index contributed by atoms with van der Waals surface area (Å²) in [4.78, 5) is 0. The number of nitrogens with zero attached hydrogens (tertiary/aromatic N) is 2. The van der Waals surface area contributed by atoms with Gasteiger partial charge in [-0.25, -0.2) is 0 Å². The number of ether oxygens (including phenoxy) is 2. The first-order valence-corrected chi connectivity index (χ1v) is 13.7. The van der Waals surface area contributed by atoms with Gasteiger partial charge in [0.1, 0.15) is 39.3 Å². The monoisotopic (exact) mass is 532 g/mol. The maximum absolute atomic E-state index is 8.52. The van der Waals surface area contributed by atoms with Crippen LogP contribution in [0.4, 0.5) is 0 Å². The van der Waals surface area contributed by atoms with Crippen LogP contribution in [0.3, 0.4) is 0 Å². The zero-order valence-electron chi connectivity index (χ0n) is 22.0. The molecule has 2 fully saturated rings. The largest absolute Gasteiger partial charge is 0.759 e. The van der Waals surface area contributed by atoms with Crippen LogP contribution in [0.25, 0.3) is 12.2 Å². The topological polar surface area (TPSA) is 98.7 Å². The highest BCUT2D eigenvalue weighted by molar-refractivity contribution is 7.79. The molecule has 4 rings (SSSR count). The van der Waals surface area contributed by atoms with Gasteiger partial charge in [-0.2, -0.15) is 0 Å². The van der Waals surface area contributed by atoms with E-state index >= 15 is 0 Å². The molecule has 2 aliphatic heterocycles. The molecule has 0 N–H and O–H groups in total. The van der Waals surface area contributed by atoms with Crippen molar-refractivity contribution in [2.75, 3.05) is 66.7 Å². The minimum atomic E-state index is -5.17. The summed E-state index contributed by atoms with van der Waals surface area (Å²) in [5.74, 6) is 0. The third kappa shape index (κ3) is 12.6. The lowest BCUT2D eigenvalue weighted by molar-refractivity contribution is -0.929. The first kappa shape index (κ1) is 30.9. The number of morpholine rings is 2. The minimum absolute atomic E-state index is 0.890. The minimum Gasteiger partial charge on any atom is -0.759 e. The van der Waals surface area contributed by atoms with Gasteiger partial charge in [-0.1, -0.05) is 73.8 Å². The average molecular weight is 533 g/mol. The number of hydrogen-bond acceptors (Lipinski definition) is 6. The van der Waals surface area contributed by atoms with E-state index < -0.39 is 10.4 Å². The maximum Gasteiger partial charge on any atom is 0.104 e. The molecule has 0 aliphatic carbocycles. The third-order valence-electron chi connectivity index (χ3n) is 6.66. The van der Waals surface area contributed by atoms with E-state index in [9.17, 15) is 0 Å². The Bertz CT molecular complexity index is 991. The van der Waals surface area contributed by atoms with Crippen molar-refractivity contribution in [1.82, 2.24) is 0 Å². The summed E-state index contributed by atoms with van der Waals surface area (Å²) in [6.45, 7) is 17.8. The average Bonchev–Trinajstić information content (AvgIpc) is 2.85. The van der Waals surface area contributed by atoms with E-state index in [1.807, 2.05) is 12.2 Å². The Morgan fingerprint density at radius 1 is 0.703 bits per heavy atom. The van der Waals surface area contributed by atoms with Gasteiger partial charge in [0, 0.05) is 21.5 Å². The Morgan fingerprint density at radius 3 is 1.22 bits per heavy atom. The van der Waals surface area contributed by atoms with Crippen LogP contribution in [0, 0.1) is 0 Å². The van der Waals surface area contributed by atoms with Crippen LogP contribution in [0.1, 0.15) is 22.3 Å². The highest BCUT2D eigenvalue weighted by Gasteiger charge is 2.26. The predicted octanol–water partition coefficient (Wildman–Crippen LogP) is 3.27. The number of rotatable bonds is 6. The zero-order valence-corrected chi connectivity index (χ0v) is 22.8. The van der Waals surface area contributed by atoms with E-state index in [2.05, 4.69) is 75.8 Å². The smallest absolute Gasteiger partial charge is 0.104 e. The Kier molecular flexibility index (Phi) is 12.1. The van der Waals surface area contributed by atoms with Crippen LogP contribution in [-0.4, -0.2) is 93.2 Å². The summed E-state index contributed by atoms with van der Waals surface area (Å²) in [5, 5.41) is 0. The van der Waals surface area contributed by atoms with Crippen LogP contribution in [0.5, 0.6) is 0 Å². The standard InChI is InChI=1S/2C14H20NO.H2O4S/c2*1-3-13-4-6-14(7-5-13)12-15(2)8-10-16-11-9-15;1-5(2,3)4/h2*3-7H,1,8-12H2,2H3;(H2,1,2,3,4)/q2*+1;/p-2. The fourth-order valence-electron chi connectivity index (χ4n) is 4.28. The molecule has 2 saturated heterocycles. The van der Waals surface area contributed by atoms with E-state index in [0.717, 1.165) is 74.7 Å². The van der Waals surface area contributed by atoms with Crippen molar-refractivity contribution in [3.05, 3.63) is 83.9 Å². The Balaban J connectivity index is 0.000000221. The van der Waals surface area contributed by atoms with Gasteiger partial charge in [0.05, 0.1) is 40.5 Å². The lowest BCUT2D eigenvalue weighted by Gasteiger charge is -2.37. The molecular weight excluding hydrogens is 492 g/mol. The van der Waals surface area contributed by atoms with Crippen LogP contribution >= 0.6 is 0 Å².